The quantitative estimate of drug-likeness (QED) is 0.597. The maximum Gasteiger partial charge on any atom is 0.316 e. The highest BCUT2D eigenvalue weighted by Gasteiger charge is 2.38. The molecule has 2 saturated carbocycles. The minimum atomic E-state index is -0.883. The summed E-state index contributed by atoms with van der Waals surface area (Å²) in [6, 6.07) is 5.51. The van der Waals surface area contributed by atoms with Crippen molar-refractivity contribution in [3.05, 3.63) is 29.3 Å². The molecule has 0 radical (unpaired) electrons. The van der Waals surface area contributed by atoms with Gasteiger partial charge in [-0.15, -0.1) is 0 Å². The van der Waals surface area contributed by atoms with E-state index >= 15 is 0 Å². The Hall–Kier alpha value is -1.39. The third-order valence-corrected chi connectivity index (χ3v) is 6.49. The molecule has 0 saturated heterocycles. The number of rotatable bonds is 5. The van der Waals surface area contributed by atoms with E-state index in [0.717, 1.165) is 36.8 Å². The molecule has 0 aromatic heterocycles. The van der Waals surface area contributed by atoms with Gasteiger partial charge in [0.1, 0.15) is 5.75 Å². The highest BCUT2D eigenvalue weighted by Crippen LogP contribution is 2.44. The first kappa shape index (κ1) is 19.4. The molecule has 0 aliphatic heterocycles. The Kier molecular flexibility index (Phi) is 5.19. The maximum absolute atomic E-state index is 12.5. The molecule has 3 rings (SSSR count). The van der Waals surface area contributed by atoms with Crippen molar-refractivity contribution >= 4 is 5.97 Å². The van der Waals surface area contributed by atoms with Crippen LogP contribution in [0.5, 0.6) is 5.75 Å². The predicted octanol–water partition coefficient (Wildman–Crippen LogP) is 4.55. The van der Waals surface area contributed by atoms with E-state index in [2.05, 4.69) is 0 Å². The minimum absolute atomic E-state index is 0.278. The lowest BCUT2D eigenvalue weighted by molar-refractivity contribution is -0.144. The molecule has 2 N–H and O–H groups in total. The molecule has 4 nitrogen and oxygen atoms in total. The first-order valence-electron chi connectivity index (χ1n) is 10.0. The summed E-state index contributed by atoms with van der Waals surface area (Å²) in [5, 5.41) is 22.1. The zero-order chi connectivity index (χ0) is 19.0. The Labute approximate surface area is 156 Å². The Balaban J connectivity index is 1.99. The number of aliphatic hydroxyl groups is 2. The van der Waals surface area contributed by atoms with Crippen molar-refractivity contribution in [2.45, 2.75) is 89.8 Å². The van der Waals surface area contributed by atoms with Gasteiger partial charge >= 0.3 is 5.97 Å². The summed E-state index contributed by atoms with van der Waals surface area (Å²) < 4.78 is 5.70. The van der Waals surface area contributed by atoms with Gasteiger partial charge in [-0.2, -0.15) is 0 Å². The fraction of sp³-hybridized carbons (Fsp3) is 0.682. The summed E-state index contributed by atoms with van der Waals surface area (Å²) >= 11 is 0. The second-order valence-corrected chi connectivity index (χ2v) is 8.85. The van der Waals surface area contributed by atoms with Gasteiger partial charge in [0.05, 0.1) is 16.6 Å². The average Bonchev–Trinajstić information content (AvgIpc) is 3.25. The summed E-state index contributed by atoms with van der Waals surface area (Å²) in [5.41, 5.74) is -0.793. The lowest BCUT2D eigenvalue weighted by Crippen LogP contribution is -2.29. The highest BCUT2D eigenvalue weighted by atomic mass is 16.5. The molecule has 144 valence electrons. The van der Waals surface area contributed by atoms with Gasteiger partial charge in [0.25, 0.3) is 0 Å². The van der Waals surface area contributed by atoms with Gasteiger partial charge < -0.3 is 14.9 Å². The second-order valence-electron chi connectivity index (χ2n) is 8.85. The van der Waals surface area contributed by atoms with Crippen LogP contribution in [0.25, 0.3) is 0 Å². The molecule has 0 atom stereocenters. The van der Waals surface area contributed by atoms with Gasteiger partial charge in [-0.05, 0) is 75.3 Å². The SMILES string of the molecule is CCC(C)(C)C(=O)Oc1cc(C2(O)CCCC2)cc(C2(O)CCCC2)c1. The first-order valence-corrected chi connectivity index (χ1v) is 10.0. The fourth-order valence-electron chi connectivity index (χ4n) is 4.08. The largest absolute Gasteiger partial charge is 0.426 e. The maximum atomic E-state index is 12.5. The number of hydrogen-bond acceptors (Lipinski definition) is 4. The minimum Gasteiger partial charge on any atom is -0.426 e. The lowest BCUT2D eigenvalue weighted by atomic mass is 9.85. The van der Waals surface area contributed by atoms with E-state index in [1.54, 1.807) is 12.1 Å². The van der Waals surface area contributed by atoms with Gasteiger partial charge in [0, 0.05) is 0 Å². The summed E-state index contributed by atoms with van der Waals surface area (Å²) in [7, 11) is 0. The van der Waals surface area contributed by atoms with Crippen LogP contribution in [0.4, 0.5) is 0 Å². The van der Waals surface area contributed by atoms with Crippen molar-refractivity contribution < 1.29 is 19.7 Å². The van der Waals surface area contributed by atoms with Crippen molar-refractivity contribution in [2.24, 2.45) is 5.41 Å². The van der Waals surface area contributed by atoms with Crippen LogP contribution in [0.1, 0.15) is 89.7 Å². The monoisotopic (exact) mass is 360 g/mol. The number of carbonyl (C=O) groups is 1. The molecule has 0 amide bonds. The molecule has 4 heteroatoms. The van der Waals surface area contributed by atoms with Crippen molar-refractivity contribution in [3.8, 4) is 5.75 Å². The van der Waals surface area contributed by atoms with Gasteiger partial charge in [0.2, 0.25) is 0 Å². The molecular formula is C22H32O4. The summed E-state index contributed by atoms with van der Waals surface area (Å²) in [5.74, 6) is 0.157. The summed E-state index contributed by atoms with van der Waals surface area (Å²) in [4.78, 5) is 12.5. The van der Waals surface area contributed by atoms with E-state index in [-0.39, 0.29) is 5.97 Å². The number of carbonyl (C=O) groups excluding carboxylic acids is 1. The number of benzene rings is 1. The third-order valence-electron chi connectivity index (χ3n) is 6.49. The van der Waals surface area contributed by atoms with E-state index in [1.165, 1.54) is 0 Å². The van der Waals surface area contributed by atoms with Crippen molar-refractivity contribution in [1.82, 2.24) is 0 Å². The Morgan fingerprint density at radius 3 is 1.77 bits per heavy atom. The van der Waals surface area contributed by atoms with E-state index in [1.807, 2.05) is 26.8 Å². The van der Waals surface area contributed by atoms with Crippen LogP contribution in [0.2, 0.25) is 0 Å². The fourth-order valence-corrected chi connectivity index (χ4v) is 4.08. The highest BCUT2D eigenvalue weighted by molar-refractivity contribution is 5.78. The van der Waals surface area contributed by atoms with Crippen LogP contribution >= 0.6 is 0 Å². The van der Waals surface area contributed by atoms with Gasteiger partial charge in [-0.3, -0.25) is 4.79 Å². The zero-order valence-corrected chi connectivity index (χ0v) is 16.3. The first-order chi connectivity index (χ1) is 12.2. The molecule has 2 aliphatic carbocycles. The van der Waals surface area contributed by atoms with Crippen LogP contribution in [0.15, 0.2) is 18.2 Å². The molecule has 1 aromatic carbocycles. The molecule has 0 unspecified atom stereocenters. The standard InChI is InChI=1S/C22H32O4/c1-4-20(2,3)19(23)26-18-14-16(21(24)9-5-6-10-21)13-17(15-18)22(25)11-7-8-12-22/h13-15,24-25H,4-12H2,1-3H3. The Bertz CT molecular complexity index is 624. The molecule has 1 aromatic rings. The van der Waals surface area contributed by atoms with Crippen LogP contribution in [0, 0.1) is 5.41 Å². The molecule has 0 bridgehead atoms. The Morgan fingerprint density at radius 1 is 0.962 bits per heavy atom. The number of hydrogen-bond donors (Lipinski definition) is 2. The van der Waals surface area contributed by atoms with Gasteiger partial charge in [-0.1, -0.05) is 32.6 Å². The molecule has 0 spiro atoms. The third kappa shape index (κ3) is 3.67. The predicted molar refractivity (Wildman–Crippen MR) is 101 cm³/mol. The lowest BCUT2D eigenvalue weighted by Gasteiger charge is -2.29. The van der Waals surface area contributed by atoms with Crippen molar-refractivity contribution in [3.63, 3.8) is 0 Å². The molecule has 0 heterocycles. The van der Waals surface area contributed by atoms with Crippen molar-refractivity contribution in [2.75, 3.05) is 0 Å². The van der Waals surface area contributed by atoms with E-state index < -0.39 is 16.6 Å². The van der Waals surface area contributed by atoms with Crippen LogP contribution in [-0.2, 0) is 16.0 Å². The van der Waals surface area contributed by atoms with Gasteiger partial charge in [-0.25, -0.2) is 0 Å². The summed E-state index contributed by atoms with van der Waals surface area (Å²) in [6.45, 7) is 5.70. The second kappa shape index (κ2) is 6.97. The van der Waals surface area contributed by atoms with Crippen LogP contribution in [-0.4, -0.2) is 16.2 Å². The van der Waals surface area contributed by atoms with Gasteiger partial charge in [0.15, 0.2) is 0 Å². The van der Waals surface area contributed by atoms with E-state index in [9.17, 15) is 15.0 Å². The zero-order valence-electron chi connectivity index (χ0n) is 16.3. The molecule has 2 aliphatic rings. The topological polar surface area (TPSA) is 66.8 Å². The number of esters is 1. The van der Waals surface area contributed by atoms with E-state index in [0.29, 0.717) is 37.9 Å². The molecule has 2 fully saturated rings. The smallest absolute Gasteiger partial charge is 0.316 e. The van der Waals surface area contributed by atoms with E-state index in [4.69, 9.17) is 4.74 Å². The normalized spacial score (nSPS) is 21.7. The summed E-state index contributed by atoms with van der Waals surface area (Å²) in [6.07, 6.45) is 7.49. The number of ether oxygens (including phenoxy) is 1. The molecule has 26 heavy (non-hydrogen) atoms. The van der Waals surface area contributed by atoms with Crippen LogP contribution in [0.3, 0.4) is 0 Å². The van der Waals surface area contributed by atoms with Crippen molar-refractivity contribution in [1.29, 1.82) is 0 Å². The van der Waals surface area contributed by atoms with Crippen LogP contribution < -0.4 is 4.74 Å². The Morgan fingerprint density at radius 2 is 1.38 bits per heavy atom. The average molecular weight is 360 g/mol. The molecular weight excluding hydrogens is 328 g/mol.